The molecule has 130 valence electrons. The molecule has 3 rings (SSSR count). The number of amides is 2. The molecule has 0 spiro atoms. The minimum Gasteiger partial charge on any atom is -0.352 e. The van der Waals surface area contributed by atoms with Gasteiger partial charge >= 0.3 is 0 Å². The zero-order valence-electron chi connectivity index (χ0n) is 14.2. The number of benzene rings is 2. The van der Waals surface area contributed by atoms with Gasteiger partial charge in [-0.05, 0) is 41.8 Å². The van der Waals surface area contributed by atoms with Crippen molar-refractivity contribution in [3.8, 4) is 0 Å². The first-order valence-corrected chi connectivity index (χ1v) is 8.86. The van der Waals surface area contributed by atoms with Crippen molar-refractivity contribution in [3.63, 3.8) is 0 Å². The van der Waals surface area contributed by atoms with E-state index in [1.165, 1.54) is 5.56 Å². The highest BCUT2D eigenvalue weighted by Crippen LogP contribution is 2.25. The number of hydrogen-bond acceptors (Lipinski definition) is 2. The van der Waals surface area contributed by atoms with Crippen LogP contribution >= 0.6 is 11.6 Å². The van der Waals surface area contributed by atoms with Gasteiger partial charge in [0, 0.05) is 30.2 Å². The summed E-state index contributed by atoms with van der Waals surface area (Å²) in [5.41, 5.74) is 3.07. The molecule has 1 heterocycles. The van der Waals surface area contributed by atoms with Gasteiger partial charge in [0.05, 0.1) is 5.92 Å². The number of carbonyl (C=O) groups is 2. The first-order chi connectivity index (χ1) is 12.1. The van der Waals surface area contributed by atoms with E-state index in [2.05, 4.69) is 12.2 Å². The van der Waals surface area contributed by atoms with Gasteiger partial charge in [0.2, 0.25) is 11.8 Å². The molecule has 2 aromatic rings. The van der Waals surface area contributed by atoms with Crippen LogP contribution in [0.3, 0.4) is 0 Å². The highest BCUT2D eigenvalue weighted by Gasteiger charge is 2.34. The molecule has 1 aliphatic heterocycles. The van der Waals surface area contributed by atoms with Crippen LogP contribution in [0.4, 0.5) is 5.69 Å². The van der Waals surface area contributed by atoms with Gasteiger partial charge in [-0.15, -0.1) is 0 Å². The summed E-state index contributed by atoms with van der Waals surface area (Å²) < 4.78 is 0. The topological polar surface area (TPSA) is 49.4 Å². The van der Waals surface area contributed by atoms with E-state index in [4.69, 9.17) is 11.6 Å². The number of nitrogens with zero attached hydrogens (tertiary/aromatic N) is 1. The van der Waals surface area contributed by atoms with Gasteiger partial charge in [0.15, 0.2) is 0 Å². The SMILES string of the molecule is CCc1ccc(N2C[C@H](C(=O)NCc3ccc(Cl)cc3)CC2=O)cc1. The number of hydrogen-bond donors (Lipinski definition) is 1. The third-order valence-corrected chi connectivity index (χ3v) is 4.78. The fourth-order valence-electron chi connectivity index (χ4n) is 2.98. The minimum absolute atomic E-state index is 0.00380. The summed E-state index contributed by atoms with van der Waals surface area (Å²) in [6, 6.07) is 15.3. The van der Waals surface area contributed by atoms with Gasteiger partial charge in [0.1, 0.15) is 0 Å². The van der Waals surface area contributed by atoms with E-state index in [9.17, 15) is 9.59 Å². The molecular weight excluding hydrogens is 336 g/mol. The van der Waals surface area contributed by atoms with Crippen molar-refractivity contribution >= 4 is 29.1 Å². The number of nitrogens with one attached hydrogen (secondary N) is 1. The molecule has 1 saturated heterocycles. The number of carbonyl (C=O) groups excluding carboxylic acids is 2. The average molecular weight is 357 g/mol. The summed E-state index contributed by atoms with van der Waals surface area (Å²) in [6.07, 6.45) is 1.21. The molecule has 0 aromatic heterocycles. The van der Waals surface area contributed by atoms with Crippen LogP contribution in [0.25, 0.3) is 0 Å². The summed E-state index contributed by atoms with van der Waals surface area (Å²) in [7, 11) is 0. The van der Waals surface area contributed by atoms with Crippen molar-refractivity contribution in [2.75, 3.05) is 11.4 Å². The Morgan fingerprint density at radius 2 is 1.76 bits per heavy atom. The van der Waals surface area contributed by atoms with Crippen LogP contribution in [0.1, 0.15) is 24.5 Å². The summed E-state index contributed by atoms with van der Waals surface area (Å²) in [5, 5.41) is 3.58. The second-order valence-electron chi connectivity index (χ2n) is 6.27. The molecule has 25 heavy (non-hydrogen) atoms. The molecule has 0 radical (unpaired) electrons. The molecule has 0 saturated carbocycles. The van der Waals surface area contributed by atoms with Crippen molar-refractivity contribution in [2.24, 2.45) is 5.92 Å². The first kappa shape index (κ1) is 17.5. The fraction of sp³-hybridized carbons (Fsp3) is 0.300. The lowest BCUT2D eigenvalue weighted by molar-refractivity contribution is -0.126. The lowest BCUT2D eigenvalue weighted by Gasteiger charge is -2.17. The average Bonchev–Trinajstić information content (AvgIpc) is 3.03. The third-order valence-electron chi connectivity index (χ3n) is 4.53. The molecule has 0 bridgehead atoms. The van der Waals surface area contributed by atoms with Gasteiger partial charge in [0.25, 0.3) is 0 Å². The molecule has 1 aliphatic rings. The maximum Gasteiger partial charge on any atom is 0.227 e. The minimum atomic E-state index is -0.314. The van der Waals surface area contributed by atoms with E-state index in [0.717, 1.165) is 17.7 Å². The van der Waals surface area contributed by atoms with E-state index in [0.29, 0.717) is 18.1 Å². The normalized spacial score (nSPS) is 17.0. The van der Waals surface area contributed by atoms with Crippen LogP contribution in [0, 0.1) is 5.92 Å². The lowest BCUT2D eigenvalue weighted by atomic mass is 10.1. The monoisotopic (exact) mass is 356 g/mol. The molecule has 1 fully saturated rings. The van der Waals surface area contributed by atoms with Crippen molar-refractivity contribution in [3.05, 3.63) is 64.7 Å². The summed E-state index contributed by atoms with van der Waals surface area (Å²) in [6.45, 7) is 2.96. The molecular formula is C20H21ClN2O2. The Hall–Kier alpha value is -2.33. The van der Waals surface area contributed by atoms with E-state index in [-0.39, 0.29) is 24.2 Å². The van der Waals surface area contributed by atoms with E-state index >= 15 is 0 Å². The quantitative estimate of drug-likeness (QED) is 0.890. The molecule has 0 aliphatic carbocycles. The summed E-state index contributed by atoms with van der Waals surface area (Å²) >= 11 is 5.86. The van der Waals surface area contributed by atoms with E-state index < -0.39 is 0 Å². The van der Waals surface area contributed by atoms with Crippen LogP contribution < -0.4 is 10.2 Å². The Bertz CT molecular complexity index is 756. The Morgan fingerprint density at radius 1 is 1.12 bits per heavy atom. The number of aryl methyl sites for hydroxylation is 1. The third kappa shape index (κ3) is 4.20. The maximum absolute atomic E-state index is 12.4. The predicted octanol–water partition coefficient (Wildman–Crippen LogP) is 3.57. The molecule has 2 amide bonds. The van der Waals surface area contributed by atoms with E-state index in [1.807, 2.05) is 36.4 Å². The molecule has 2 aromatic carbocycles. The van der Waals surface area contributed by atoms with Crippen molar-refractivity contribution in [2.45, 2.75) is 26.3 Å². The Labute approximate surface area is 152 Å². The van der Waals surface area contributed by atoms with Crippen LogP contribution in [-0.4, -0.2) is 18.4 Å². The molecule has 1 N–H and O–H groups in total. The van der Waals surface area contributed by atoms with E-state index in [1.54, 1.807) is 17.0 Å². The van der Waals surface area contributed by atoms with Gasteiger partial charge < -0.3 is 10.2 Å². The lowest BCUT2D eigenvalue weighted by Crippen LogP contribution is -2.32. The van der Waals surface area contributed by atoms with Gasteiger partial charge in [-0.2, -0.15) is 0 Å². The Kier molecular flexibility index (Phi) is 5.39. The Balaban J connectivity index is 1.59. The van der Waals surface area contributed by atoms with Gasteiger partial charge in [-0.3, -0.25) is 9.59 Å². The molecule has 4 nitrogen and oxygen atoms in total. The number of anilines is 1. The second-order valence-corrected chi connectivity index (χ2v) is 6.71. The molecule has 5 heteroatoms. The zero-order valence-corrected chi connectivity index (χ0v) is 14.9. The second kappa shape index (κ2) is 7.70. The van der Waals surface area contributed by atoms with Crippen molar-refractivity contribution in [1.29, 1.82) is 0 Å². The van der Waals surface area contributed by atoms with Crippen LogP contribution in [0.15, 0.2) is 48.5 Å². The van der Waals surface area contributed by atoms with Crippen molar-refractivity contribution < 1.29 is 9.59 Å². The summed E-state index contributed by atoms with van der Waals surface area (Å²) in [4.78, 5) is 26.4. The fourth-order valence-corrected chi connectivity index (χ4v) is 3.11. The number of halogens is 1. The number of rotatable bonds is 5. The van der Waals surface area contributed by atoms with Crippen molar-refractivity contribution in [1.82, 2.24) is 5.32 Å². The predicted molar refractivity (Wildman–Crippen MR) is 99.6 cm³/mol. The largest absolute Gasteiger partial charge is 0.352 e. The molecule has 0 unspecified atom stereocenters. The highest BCUT2D eigenvalue weighted by molar-refractivity contribution is 6.30. The highest BCUT2D eigenvalue weighted by atomic mass is 35.5. The zero-order chi connectivity index (χ0) is 17.8. The first-order valence-electron chi connectivity index (χ1n) is 8.48. The Morgan fingerprint density at radius 3 is 2.40 bits per heavy atom. The smallest absolute Gasteiger partial charge is 0.227 e. The van der Waals surface area contributed by atoms with Crippen LogP contribution in [0.5, 0.6) is 0 Å². The van der Waals surface area contributed by atoms with Crippen LogP contribution in [-0.2, 0) is 22.6 Å². The maximum atomic E-state index is 12.4. The van der Waals surface area contributed by atoms with Gasteiger partial charge in [-0.1, -0.05) is 42.8 Å². The van der Waals surface area contributed by atoms with Crippen LogP contribution in [0.2, 0.25) is 5.02 Å². The standard InChI is InChI=1S/C20H21ClN2O2/c1-2-14-5-9-18(10-6-14)23-13-16(11-19(23)24)20(25)22-12-15-3-7-17(21)8-4-15/h3-10,16H,2,11-13H2,1H3,(H,22,25)/t16-/m1/s1. The summed E-state index contributed by atoms with van der Waals surface area (Å²) in [5.74, 6) is -0.405. The molecule has 1 atom stereocenters. The van der Waals surface area contributed by atoms with Gasteiger partial charge in [-0.25, -0.2) is 0 Å².